The molecule has 121 heavy (non-hydrogen) atoms. The van der Waals surface area contributed by atoms with E-state index in [9.17, 15) is 73.9 Å². The van der Waals surface area contributed by atoms with Crippen molar-refractivity contribution in [3.8, 4) is 29.0 Å². The fourth-order valence-corrected chi connectivity index (χ4v) is 12.7. The number of alkyl halides is 1. The first-order chi connectivity index (χ1) is 57.6. The third-order valence-corrected chi connectivity index (χ3v) is 18.3. The average molecular weight is 1840 g/mol. The van der Waals surface area contributed by atoms with Gasteiger partial charge in [-0.25, -0.2) is 61.8 Å². The van der Waals surface area contributed by atoms with E-state index in [1.807, 2.05) is 18.2 Å². The van der Waals surface area contributed by atoms with E-state index in [4.69, 9.17) is 77.9 Å². The van der Waals surface area contributed by atoms with E-state index in [-0.39, 0.29) is 137 Å². The maximum absolute atomic E-state index is 14.2. The first-order valence-electron chi connectivity index (χ1n) is 34.9. The highest BCUT2D eigenvalue weighted by Crippen LogP contribution is 2.34. The number of nitrogen functional groups attached to an aromatic ring is 1. The number of halogens is 13. The van der Waals surface area contributed by atoms with E-state index in [2.05, 4.69) is 64.9 Å². The smallest absolute Gasteiger partial charge is 0.341 e. The van der Waals surface area contributed by atoms with Crippen LogP contribution in [0.4, 0.5) is 42.2 Å². The fraction of sp³-hybridized carbons (Fsp3) is 0.198. The maximum atomic E-state index is 14.2. The average Bonchev–Trinajstić information content (AvgIpc) is 1.75. The molecule has 10 aromatic rings. The van der Waals surface area contributed by atoms with Gasteiger partial charge in [0.15, 0.2) is 11.6 Å². The van der Waals surface area contributed by atoms with Gasteiger partial charge in [-0.05, 0) is 98.8 Å². The number of nitrogens with zero attached hydrogens (tertiary/aromatic N) is 11. The molecule has 2 N–H and O–H groups in total. The van der Waals surface area contributed by atoms with E-state index in [1.54, 1.807) is 37.3 Å². The number of hydrogen-bond acceptors (Lipinski definition) is 23. The minimum Gasteiger partial charge on any atom is -0.497 e. The SMILES string of the molecule is COC(=O)c1c(Cl)cc(-n2c(F)cccc2=O)nc1C.COC(=O)c1c(Cl)cc(-n2c(F)cccc2=O)nc1CBr.COC(=O)c1c(Cl)cc(Cl)nc1C.COc1ccc(CN2Cc3nc(-n4c(F)cccc4=O)cc(Cl)c3C2=O)c(OC)c1.Fc1cccc(F)n1.Nc1ccc(N2CCOCC2)cn1.O=C1C=CC=C(F)C1.O=C1C=CC=C(F)C1. The Labute approximate surface area is 717 Å². The lowest BCUT2D eigenvalue weighted by atomic mass is 10.1. The van der Waals surface area contributed by atoms with Crippen molar-refractivity contribution >= 4 is 121 Å². The Kier molecular flexibility index (Phi) is 36.7. The molecular weight excluding hydrogens is 1770 g/mol. The van der Waals surface area contributed by atoms with Crippen LogP contribution in [0.15, 0.2) is 196 Å². The number of ketones is 2. The molecule has 634 valence electrons. The number of morpholine rings is 1. The van der Waals surface area contributed by atoms with Crippen molar-refractivity contribution < 1.29 is 87.9 Å². The summed E-state index contributed by atoms with van der Waals surface area (Å²) in [6, 6.07) is 28.7. The molecule has 0 atom stereocenters. The van der Waals surface area contributed by atoms with Gasteiger partial charge in [0.05, 0.1) is 146 Å². The number of carbonyl (C=O) groups is 6. The van der Waals surface area contributed by atoms with Gasteiger partial charge in [0, 0.05) is 66.4 Å². The summed E-state index contributed by atoms with van der Waals surface area (Å²) in [5.41, 5.74) is 7.65. The Morgan fingerprint density at radius 2 is 0.992 bits per heavy atom. The van der Waals surface area contributed by atoms with Gasteiger partial charge in [0.1, 0.15) is 57.1 Å². The Hall–Kier alpha value is -12.3. The molecule has 2 aliphatic carbocycles. The molecule has 1 fully saturated rings. The van der Waals surface area contributed by atoms with E-state index in [0.717, 1.165) is 81.6 Å². The topological polar surface area (TPSA) is 334 Å². The van der Waals surface area contributed by atoms with E-state index < -0.39 is 64.3 Å². The van der Waals surface area contributed by atoms with Crippen molar-refractivity contribution in [3.63, 3.8) is 0 Å². The van der Waals surface area contributed by atoms with Crippen LogP contribution in [0.1, 0.15) is 82.6 Å². The Morgan fingerprint density at radius 3 is 1.40 bits per heavy atom. The molecule has 1 aromatic carbocycles. The highest BCUT2D eigenvalue weighted by Gasteiger charge is 2.33. The number of aromatic nitrogens is 9. The summed E-state index contributed by atoms with van der Waals surface area (Å²) < 4.78 is 121. The summed E-state index contributed by atoms with van der Waals surface area (Å²) in [7, 11) is 6.81. The number of methoxy groups -OCH3 is 5. The van der Waals surface area contributed by atoms with Gasteiger partial charge in [-0.3, -0.25) is 28.8 Å². The molecule has 14 rings (SSSR count). The first kappa shape index (κ1) is 95.9. The molecule has 11 heterocycles. The Balaban J connectivity index is 0.000000199. The summed E-state index contributed by atoms with van der Waals surface area (Å²) in [5, 5.41) is 0.874. The molecule has 0 saturated carbocycles. The summed E-state index contributed by atoms with van der Waals surface area (Å²) >= 11 is 32.9. The molecule has 4 aliphatic rings. The van der Waals surface area contributed by atoms with Crippen LogP contribution in [0, 0.1) is 43.6 Å². The van der Waals surface area contributed by atoms with Crippen molar-refractivity contribution in [2.45, 2.75) is 45.1 Å². The number of rotatable bonds is 12. The largest absolute Gasteiger partial charge is 0.497 e. The minimum absolute atomic E-state index is 0.00301. The molecule has 0 unspecified atom stereocenters. The fourth-order valence-electron chi connectivity index (χ4n) is 10.8. The van der Waals surface area contributed by atoms with Gasteiger partial charge in [-0.2, -0.15) is 26.9 Å². The Bertz CT molecular complexity index is 5700. The monoisotopic (exact) mass is 1840 g/mol. The number of fused-ring (bicyclic) bond motifs is 1. The highest BCUT2D eigenvalue weighted by molar-refractivity contribution is 9.08. The minimum atomic E-state index is -0.787. The number of amides is 1. The third-order valence-electron chi connectivity index (χ3n) is 16.4. The van der Waals surface area contributed by atoms with Gasteiger partial charge >= 0.3 is 17.9 Å². The predicted molar refractivity (Wildman–Crippen MR) is 440 cm³/mol. The zero-order valence-corrected chi connectivity index (χ0v) is 69.9. The van der Waals surface area contributed by atoms with Crippen LogP contribution >= 0.6 is 73.9 Å². The number of pyridine rings is 9. The second-order valence-corrected chi connectivity index (χ2v) is 27.0. The summed E-state index contributed by atoms with van der Waals surface area (Å²) in [4.78, 5) is 131. The van der Waals surface area contributed by atoms with Gasteiger partial charge in [-0.1, -0.05) is 110 Å². The molecule has 27 nitrogen and oxygen atoms in total. The molecule has 0 radical (unpaired) electrons. The van der Waals surface area contributed by atoms with Crippen LogP contribution < -0.4 is 36.8 Å². The second kappa shape index (κ2) is 46.4. The molecule has 1 saturated heterocycles. The quantitative estimate of drug-likeness (QED) is 0.0390. The van der Waals surface area contributed by atoms with E-state index in [1.165, 1.54) is 139 Å². The van der Waals surface area contributed by atoms with Crippen molar-refractivity contribution in [3.05, 3.63) is 318 Å². The van der Waals surface area contributed by atoms with Crippen molar-refractivity contribution in [2.75, 3.05) is 72.5 Å². The summed E-state index contributed by atoms with van der Waals surface area (Å²) in [6.45, 7) is 7.05. The number of benzene rings is 1. The normalized spacial score (nSPS) is 12.7. The predicted octanol–water partition coefficient (Wildman–Crippen LogP) is 15.1. The van der Waals surface area contributed by atoms with E-state index in [0.29, 0.717) is 28.7 Å². The number of anilines is 2. The molecule has 2 aliphatic heterocycles. The second-order valence-electron chi connectivity index (χ2n) is 24.4. The Morgan fingerprint density at radius 1 is 0.529 bits per heavy atom. The van der Waals surface area contributed by atoms with Gasteiger partial charge in [0.25, 0.3) is 22.6 Å². The lowest BCUT2D eigenvalue weighted by Gasteiger charge is -2.28. The molecule has 1 amide bonds. The first-order valence-corrected chi connectivity index (χ1v) is 37.9. The van der Waals surface area contributed by atoms with Crippen molar-refractivity contribution in [1.82, 2.24) is 48.5 Å². The number of allylic oxidation sites excluding steroid dienone is 8. The number of nitrogens with two attached hydrogens (primary N) is 1. The molecule has 9 aromatic heterocycles. The van der Waals surface area contributed by atoms with E-state index >= 15 is 0 Å². The third kappa shape index (κ3) is 27.1. The lowest BCUT2D eigenvalue weighted by molar-refractivity contribution is -0.115. The van der Waals surface area contributed by atoms with Gasteiger partial charge in [0.2, 0.25) is 29.7 Å². The highest BCUT2D eigenvalue weighted by atomic mass is 79.9. The molecular formula is C81H69BrCl5F7N12O15. The number of aryl methyl sites for hydroxylation is 2. The van der Waals surface area contributed by atoms with Crippen LogP contribution in [-0.2, 0) is 47.0 Å². The van der Waals surface area contributed by atoms with Crippen LogP contribution in [0.2, 0.25) is 25.2 Å². The zero-order chi connectivity index (χ0) is 88.9. The molecule has 0 bridgehead atoms. The summed E-state index contributed by atoms with van der Waals surface area (Å²) in [6.07, 6.45) is 9.84. The van der Waals surface area contributed by atoms with Crippen LogP contribution in [-0.4, -0.2) is 146 Å². The number of carbonyl (C=O) groups excluding carboxylic acids is 6. The number of hydrogen-bond donors (Lipinski definition) is 1. The van der Waals surface area contributed by atoms with Crippen molar-refractivity contribution in [1.29, 1.82) is 0 Å². The van der Waals surface area contributed by atoms with Gasteiger partial charge < -0.3 is 44.0 Å². The number of ether oxygens (including phenoxy) is 6. The van der Waals surface area contributed by atoms with Crippen LogP contribution in [0.25, 0.3) is 17.5 Å². The molecule has 40 heteroatoms. The zero-order valence-electron chi connectivity index (χ0n) is 64.6. The van der Waals surface area contributed by atoms with Crippen molar-refractivity contribution in [2.24, 2.45) is 0 Å². The standard InChI is InChI=1S/C21H17ClFN3O4.C13H9BrClFN2O3.C13H10ClFN2O3.C9H13N3O.C8H7Cl2NO2.2C6H5FO.C5H3F2N/c1-29-13-7-6-12(16(8-13)30-2)10-25-11-15-20(21(25)28)14(22)9-18(24-15)26-17(23)4-3-5-19(26)27;1-21-13(20)12-7(15)5-10(17-8(12)6-14)18-9(16)3-2-4-11(18)19;1-7-12(13(19)20-2)8(14)6-10(16-7)17-9(15)4-3-5-11(17)18;10-9-2-1-8(7-11-9)12-3-5-13-6-4-12;1-4-7(8(12)13-2)5(9)3-6(10)11-4;2*7-5-2-1-3-6(8)4-5;6-4-2-1-3-5(7)8-4/h3-9H,10-11H2,1-2H3;2-5H,6H2,1H3;3-6H,1-2H3;1-2,7H,3-6H2,(H2,10,11);3H,1-2H3;2*1-3H,4H2;1-3H. The number of esters is 3. The van der Waals surface area contributed by atoms with Gasteiger partial charge in [-0.15, -0.1) is 0 Å². The maximum Gasteiger partial charge on any atom is 0.341 e. The summed E-state index contributed by atoms with van der Waals surface area (Å²) in [5.74, 6) is -5.23. The van der Waals surface area contributed by atoms with Crippen LogP contribution in [0.5, 0.6) is 11.5 Å². The molecule has 0 spiro atoms. The van der Waals surface area contributed by atoms with Crippen LogP contribution in [0.3, 0.4) is 0 Å². The lowest BCUT2D eigenvalue weighted by Crippen LogP contribution is -2.36.